The molecule has 10 nitrogen and oxygen atoms in total. The number of nitrogens with zero attached hydrogens (tertiary/aromatic N) is 4. The number of hydrogen-bond acceptors (Lipinski definition) is 9. The monoisotopic (exact) mass is 381 g/mol. The lowest BCUT2D eigenvalue weighted by atomic mass is 10.0. The third-order valence-electron chi connectivity index (χ3n) is 5.13. The van der Waals surface area contributed by atoms with Gasteiger partial charge in [-0.25, -0.2) is 4.98 Å². The van der Waals surface area contributed by atoms with Gasteiger partial charge in [0.15, 0.2) is 23.2 Å². The Morgan fingerprint density at radius 1 is 1.26 bits per heavy atom. The van der Waals surface area contributed by atoms with Crippen molar-refractivity contribution >= 4 is 17.0 Å². The fourth-order valence-corrected chi connectivity index (χ4v) is 3.29. The third kappa shape index (κ3) is 3.84. The van der Waals surface area contributed by atoms with E-state index in [1.807, 2.05) is 0 Å². The zero-order valence-corrected chi connectivity index (χ0v) is 15.5. The summed E-state index contributed by atoms with van der Waals surface area (Å²) in [6, 6.07) is 0.124. The molecule has 5 N–H and O–H groups in total. The second-order valence-electron chi connectivity index (χ2n) is 6.76. The van der Waals surface area contributed by atoms with Gasteiger partial charge in [0.2, 0.25) is 0 Å². The third-order valence-corrected chi connectivity index (χ3v) is 5.13. The van der Waals surface area contributed by atoms with Gasteiger partial charge < -0.3 is 30.5 Å². The van der Waals surface area contributed by atoms with Gasteiger partial charge in [-0.05, 0) is 12.3 Å². The number of anilines is 1. The van der Waals surface area contributed by atoms with Crippen molar-refractivity contribution in [3.63, 3.8) is 0 Å². The van der Waals surface area contributed by atoms with Crippen LogP contribution in [0, 0.1) is 5.92 Å². The summed E-state index contributed by atoms with van der Waals surface area (Å²) in [6.45, 7) is 4.35. The van der Waals surface area contributed by atoms with Crippen LogP contribution in [0.3, 0.4) is 0 Å². The molecule has 0 spiro atoms. The lowest BCUT2D eigenvalue weighted by Gasteiger charge is -2.17. The Morgan fingerprint density at radius 3 is 2.63 bits per heavy atom. The minimum Gasteiger partial charge on any atom is -0.463 e. The van der Waals surface area contributed by atoms with Crippen LogP contribution >= 0.6 is 0 Å². The molecule has 3 heterocycles. The number of rotatable bonds is 8. The van der Waals surface area contributed by atoms with Crippen molar-refractivity contribution in [1.29, 1.82) is 0 Å². The Morgan fingerprint density at radius 2 is 2.00 bits per heavy atom. The number of aliphatic hydroxyl groups is 3. The summed E-state index contributed by atoms with van der Waals surface area (Å²) >= 11 is 0. The fourth-order valence-electron chi connectivity index (χ4n) is 3.29. The largest absolute Gasteiger partial charge is 0.463 e. The highest BCUT2D eigenvalue weighted by Crippen LogP contribution is 2.32. The van der Waals surface area contributed by atoms with Crippen LogP contribution in [-0.4, -0.2) is 66.4 Å². The van der Waals surface area contributed by atoms with Crippen LogP contribution in [0.25, 0.3) is 11.2 Å². The van der Waals surface area contributed by atoms with Gasteiger partial charge in [-0.3, -0.25) is 4.57 Å². The van der Waals surface area contributed by atoms with Crippen LogP contribution in [0.1, 0.15) is 39.3 Å². The SMILES string of the molecule is CCC(CC)CCOc1nc(N)c2ncn([C@@H]3O[C@H](CO)[C@@H](O)[C@H]3O)c2n1. The highest BCUT2D eigenvalue weighted by molar-refractivity contribution is 5.82. The summed E-state index contributed by atoms with van der Waals surface area (Å²) in [5.74, 6) is 0.735. The Balaban J connectivity index is 1.83. The summed E-state index contributed by atoms with van der Waals surface area (Å²) in [4.78, 5) is 12.7. The molecule has 1 saturated heterocycles. The maximum absolute atomic E-state index is 10.2. The number of nitrogens with two attached hydrogens (primary N) is 1. The summed E-state index contributed by atoms with van der Waals surface area (Å²) in [5, 5.41) is 29.5. The molecule has 0 unspecified atom stereocenters. The van der Waals surface area contributed by atoms with Gasteiger partial charge in [0.05, 0.1) is 19.5 Å². The Hall–Kier alpha value is -2.01. The number of hydrogen-bond donors (Lipinski definition) is 4. The maximum atomic E-state index is 10.2. The smallest absolute Gasteiger partial charge is 0.320 e. The van der Waals surface area contributed by atoms with E-state index in [2.05, 4.69) is 28.8 Å². The second-order valence-corrected chi connectivity index (χ2v) is 6.76. The number of fused-ring (bicyclic) bond motifs is 1. The first-order valence-corrected chi connectivity index (χ1v) is 9.25. The van der Waals surface area contributed by atoms with E-state index in [1.54, 1.807) is 0 Å². The van der Waals surface area contributed by atoms with E-state index in [0.717, 1.165) is 19.3 Å². The van der Waals surface area contributed by atoms with Crippen molar-refractivity contribution < 1.29 is 24.8 Å². The molecule has 0 radical (unpaired) electrons. The van der Waals surface area contributed by atoms with Crippen molar-refractivity contribution in [3.8, 4) is 6.01 Å². The van der Waals surface area contributed by atoms with E-state index in [4.69, 9.17) is 15.2 Å². The molecule has 2 aromatic rings. The number of nitrogen functional groups attached to an aromatic ring is 1. The van der Waals surface area contributed by atoms with Crippen LogP contribution < -0.4 is 10.5 Å². The summed E-state index contributed by atoms with van der Waals surface area (Å²) in [5.41, 5.74) is 6.64. The predicted molar refractivity (Wildman–Crippen MR) is 96.9 cm³/mol. The Kier molecular flexibility index (Phi) is 6.10. The molecule has 0 bridgehead atoms. The zero-order valence-electron chi connectivity index (χ0n) is 15.5. The van der Waals surface area contributed by atoms with Crippen LogP contribution in [0.15, 0.2) is 6.33 Å². The molecular weight excluding hydrogens is 354 g/mol. The molecular formula is C17H27N5O5. The van der Waals surface area contributed by atoms with E-state index in [0.29, 0.717) is 23.7 Å². The van der Waals surface area contributed by atoms with Crippen molar-refractivity contribution in [1.82, 2.24) is 19.5 Å². The van der Waals surface area contributed by atoms with E-state index >= 15 is 0 Å². The first-order valence-electron chi connectivity index (χ1n) is 9.25. The van der Waals surface area contributed by atoms with Gasteiger partial charge >= 0.3 is 6.01 Å². The quantitative estimate of drug-likeness (QED) is 0.504. The van der Waals surface area contributed by atoms with E-state index in [-0.39, 0.29) is 11.8 Å². The molecule has 1 aliphatic rings. The number of ether oxygens (including phenoxy) is 2. The van der Waals surface area contributed by atoms with Crippen molar-refractivity contribution in [2.75, 3.05) is 18.9 Å². The van der Waals surface area contributed by atoms with Gasteiger partial charge in [0.25, 0.3) is 0 Å². The maximum Gasteiger partial charge on any atom is 0.320 e. The van der Waals surface area contributed by atoms with Crippen molar-refractivity contribution in [3.05, 3.63) is 6.33 Å². The molecule has 4 atom stereocenters. The highest BCUT2D eigenvalue weighted by Gasteiger charge is 2.44. The topological polar surface area (TPSA) is 149 Å². The lowest BCUT2D eigenvalue weighted by Crippen LogP contribution is -2.33. The summed E-state index contributed by atoms with van der Waals surface area (Å²) in [6.07, 6.45) is 0.167. The molecule has 3 rings (SSSR count). The predicted octanol–water partition coefficient (Wildman–Crippen LogP) is 0.225. The average Bonchev–Trinajstić information content (AvgIpc) is 3.21. The minimum atomic E-state index is -1.24. The van der Waals surface area contributed by atoms with Gasteiger partial charge in [-0.1, -0.05) is 26.7 Å². The van der Waals surface area contributed by atoms with E-state index in [1.165, 1.54) is 10.9 Å². The van der Waals surface area contributed by atoms with E-state index < -0.39 is 31.1 Å². The molecule has 10 heteroatoms. The first kappa shape index (κ1) is 19.7. The number of imidazole rings is 1. The lowest BCUT2D eigenvalue weighted by molar-refractivity contribution is -0.0511. The van der Waals surface area contributed by atoms with Crippen LogP contribution in [0.2, 0.25) is 0 Å². The molecule has 0 amide bonds. The second kappa shape index (κ2) is 8.34. The number of aliphatic hydroxyl groups excluding tert-OH is 3. The summed E-state index contributed by atoms with van der Waals surface area (Å²) in [7, 11) is 0. The Bertz CT molecular complexity index is 765. The Labute approximate surface area is 157 Å². The molecule has 0 aromatic carbocycles. The van der Waals surface area contributed by atoms with Gasteiger partial charge in [-0.15, -0.1) is 0 Å². The van der Waals surface area contributed by atoms with Crippen LogP contribution in [-0.2, 0) is 4.74 Å². The molecule has 1 aliphatic heterocycles. The zero-order chi connectivity index (χ0) is 19.6. The van der Waals surface area contributed by atoms with E-state index in [9.17, 15) is 15.3 Å². The van der Waals surface area contributed by atoms with Crippen LogP contribution in [0.5, 0.6) is 6.01 Å². The average molecular weight is 381 g/mol. The molecule has 1 fully saturated rings. The fraction of sp³-hybridized carbons (Fsp3) is 0.706. The normalized spacial score (nSPS) is 25.6. The van der Waals surface area contributed by atoms with Gasteiger partial charge in [0, 0.05) is 0 Å². The van der Waals surface area contributed by atoms with Crippen LogP contribution in [0.4, 0.5) is 5.82 Å². The van der Waals surface area contributed by atoms with Crippen molar-refractivity contribution in [2.45, 2.75) is 57.6 Å². The summed E-state index contributed by atoms with van der Waals surface area (Å²) < 4.78 is 12.7. The molecule has 150 valence electrons. The van der Waals surface area contributed by atoms with Gasteiger partial charge in [0.1, 0.15) is 18.3 Å². The minimum absolute atomic E-state index is 0.124. The molecule has 0 aliphatic carbocycles. The standard InChI is InChI=1S/C17H27N5O5/c1-3-9(4-2)5-6-26-17-20-14(18)11-15(21-17)22(8-19-11)16-13(25)12(24)10(7-23)27-16/h8-10,12-13,16,23-25H,3-7H2,1-2H3,(H2,18,20,21)/t10-,12-,13-,16-/m1/s1. The first-order chi connectivity index (χ1) is 13.0. The molecule has 0 saturated carbocycles. The number of aromatic nitrogens is 4. The molecule has 2 aromatic heterocycles. The molecule has 27 heavy (non-hydrogen) atoms. The van der Waals surface area contributed by atoms with Gasteiger partial charge in [-0.2, -0.15) is 9.97 Å². The van der Waals surface area contributed by atoms with Crippen molar-refractivity contribution in [2.24, 2.45) is 5.92 Å². The highest BCUT2D eigenvalue weighted by atomic mass is 16.6.